The maximum Gasteiger partial charge on any atom is 1.00 e. The molecule has 0 bridgehead atoms. The Labute approximate surface area is 151 Å². The maximum absolute atomic E-state index is 11.9. The summed E-state index contributed by atoms with van der Waals surface area (Å²) in [4.78, 5) is 24.5. The first-order chi connectivity index (χ1) is 9.60. The molecule has 122 valence electrons. The van der Waals surface area contributed by atoms with Gasteiger partial charge in [-0.25, -0.2) is 18.2 Å². The molecular formula is C10H19N4NaO6S. The third-order valence-corrected chi connectivity index (χ3v) is 3.26. The Bertz CT molecular complexity index is 492. The van der Waals surface area contributed by atoms with Gasteiger partial charge in [-0.1, -0.05) is 0 Å². The third-order valence-electron chi connectivity index (χ3n) is 2.84. The van der Waals surface area contributed by atoms with Gasteiger partial charge in [0.2, 0.25) is 5.91 Å². The molecule has 12 heteroatoms. The molecule has 1 aliphatic rings. The Balaban J connectivity index is 0.00000441. The van der Waals surface area contributed by atoms with E-state index in [0.717, 1.165) is 0 Å². The standard InChI is InChI=1S/C10H20N4O6S.Na/c1-6(2)20-10(16)14(13-21(17,18)19)7-3-4-8(9(11)15)12-5-7;/h6-8,12-13H,3-5H2,1-2H3,(H2,11,15)(H,17,18,19);/q;+1/p-1/t7-,8+;/m1./s1. The molecule has 2 amide bonds. The van der Waals surface area contributed by atoms with Gasteiger partial charge in [-0.3, -0.25) is 4.79 Å². The topological polar surface area (TPSA) is 154 Å². The number of amides is 2. The van der Waals surface area contributed by atoms with Gasteiger partial charge in [0.25, 0.3) is 0 Å². The van der Waals surface area contributed by atoms with E-state index < -0.39 is 40.5 Å². The van der Waals surface area contributed by atoms with E-state index >= 15 is 0 Å². The number of piperidine rings is 1. The van der Waals surface area contributed by atoms with Crippen LogP contribution in [0, 0.1) is 0 Å². The molecule has 10 nitrogen and oxygen atoms in total. The van der Waals surface area contributed by atoms with Crippen LogP contribution >= 0.6 is 0 Å². The average molecular weight is 346 g/mol. The van der Waals surface area contributed by atoms with Gasteiger partial charge in [-0.2, -0.15) is 0 Å². The molecule has 1 saturated heterocycles. The van der Waals surface area contributed by atoms with Crippen LogP contribution in [0.1, 0.15) is 26.7 Å². The predicted octanol–water partition coefficient (Wildman–Crippen LogP) is -4.59. The van der Waals surface area contributed by atoms with Crippen molar-refractivity contribution in [3.63, 3.8) is 0 Å². The van der Waals surface area contributed by atoms with Crippen LogP contribution < -0.4 is 45.4 Å². The van der Waals surface area contributed by atoms with Crippen molar-refractivity contribution in [2.24, 2.45) is 5.73 Å². The molecule has 4 N–H and O–H groups in total. The summed E-state index contributed by atoms with van der Waals surface area (Å²) in [6.07, 6.45) is -0.859. The number of primary amides is 1. The zero-order chi connectivity index (χ0) is 16.2. The van der Waals surface area contributed by atoms with Crippen molar-refractivity contribution in [2.75, 3.05) is 6.54 Å². The molecule has 1 rings (SSSR count). The molecule has 22 heavy (non-hydrogen) atoms. The summed E-state index contributed by atoms with van der Waals surface area (Å²) in [5.41, 5.74) is 5.15. The summed E-state index contributed by atoms with van der Waals surface area (Å²) in [5, 5.41) is 3.41. The van der Waals surface area contributed by atoms with Crippen LogP contribution in [0.25, 0.3) is 0 Å². The van der Waals surface area contributed by atoms with Crippen LogP contribution in [0.4, 0.5) is 4.79 Å². The van der Waals surface area contributed by atoms with Crippen LogP contribution in [0.5, 0.6) is 0 Å². The fourth-order valence-electron chi connectivity index (χ4n) is 1.94. The normalized spacial score (nSPS) is 21.8. The first-order valence-electron chi connectivity index (χ1n) is 6.36. The van der Waals surface area contributed by atoms with E-state index in [0.29, 0.717) is 11.4 Å². The number of nitrogens with zero attached hydrogens (tertiary/aromatic N) is 1. The van der Waals surface area contributed by atoms with E-state index in [4.69, 9.17) is 10.5 Å². The molecule has 1 fully saturated rings. The predicted molar refractivity (Wildman–Crippen MR) is 70.3 cm³/mol. The average Bonchev–Trinajstić information content (AvgIpc) is 2.34. The zero-order valence-electron chi connectivity index (χ0n) is 12.7. The summed E-state index contributed by atoms with van der Waals surface area (Å²) < 4.78 is 37.4. The van der Waals surface area contributed by atoms with E-state index in [1.807, 2.05) is 0 Å². The number of hydrazine groups is 1. The fraction of sp³-hybridized carbons (Fsp3) is 0.800. The molecule has 0 aromatic carbocycles. The Morgan fingerprint density at radius 2 is 2.00 bits per heavy atom. The molecular weight excluding hydrogens is 327 g/mol. The molecule has 2 atom stereocenters. The number of hydrogen-bond acceptors (Lipinski definition) is 7. The SMILES string of the molecule is CC(C)OC(=O)N(NS(=O)(=O)[O-])[C@@H]1CC[C@@H](C(N)=O)NC1.[Na+]. The van der Waals surface area contributed by atoms with Crippen LogP contribution in [0.15, 0.2) is 0 Å². The number of rotatable bonds is 5. The molecule has 0 radical (unpaired) electrons. The summed E-state index contributed by atoms with van der Waals surface area (Å²) in [7, 11) is -4.88. The number of hydrogen-bond donors (Lipinski definition) is 3. The molecule has 0 unspecified atom stereocenters. The van der Waals surface area contributed by atoms with E-state index in [2.05, 4.69) is 5.32 Å². The molecule has 1 aliphatic heterocycles. The van der Waals surface area contributed by atoms with Crippen molar-refractivity contribution in [3.8, 4) is 0 Å². The van der Waals surface area contributed by atoms with Gasteiger partial charge in [-0.15, -0.1) is 4.83 Å². The minimum Gasteiger partial charge on any atom is -0.734 e. The van der Waals surface area contributed by atoms with E-state index in [1.54, 1.807) is 18.7 Å². The van der Waals surface area contributed by atoms with Crippen molar-refractivity contribution in [3.05, 3.63) is 0 Å². The second-order valence-corrected chi connectivity index (χ2v) is 6.03. The number of nitrogens with one attached hydrogen (secondary N) is 2. The zero-order valence-corrected chi connectivity index (χ0v) is 15.6. The van der Waals surface area contributed by atoms with Crippen molar-refractivity contribution >= 4 is 22.3 Å². The van der Waals surface area contributed by atoms with Gasteiger partial charge >= 0.3 is 35.7 Å². The van der Waals surface area contributed by atoms with Crippen molar-refractivity contribution in [2.45, 2.75) is 44.9 Å². The molecule has 0 saturated carbocycles. The molecule has 0 aromatic rings. The smallest absolute Gasteiger partial charge is 0.734 e. The maximum atomic E-state index is 11.9. The Morgan fingerprint density at radius 3 is 2.36 bits per heavy atom. The van der Waals surface area contributed by atoms with Crippen LogP contribution in [0.3, 0.4) is 0 Å². The number of carbonyl (C=O) groups is 2. The minimum absolute atomic E-state index is 0. The van der Waals surface area contributed by atoms with E-state index in [9.17, 15) is 22.6 Å². The summed E-state index contributed by atoms with van der Waals surface area (Å²) in [6.45, 7) is 3.28. The van der Waals surface area contributed by atoms with Gasteiger partial charge in [0.15, 0.2) is 10.3 Å². The van der Waals surface area contributed by atoms with Gasteiger partial charge in [-0.05, 0) is 26.7 Å². The van der Waals surface area contributed by atoms with Gasteiger partial charge in [0.05, 0.1) is 18.2 Å². The van der Waals surface area contributed by atoms with Crippen molar-refractivity contribution in [1.29, 1.82) is 0 Å². The number of carbonyl (C=O) groups excluding carboxylic acids is 2. The quantitative estimate of drug-likeness (QED) is 0.257. The fourth-order valence-corrected chi connectivity index (χ4v) is 2.41. The Morgan fingerprint density at radius 1 is 1.41 bits per heavy atom. The summed E-state index contributed by atoms with van der Waals surface area (Å²) in [5.74, 6) is -0.533. The van der Waals surface area contributed by atoms with Crippen molar-refractivity contribution in [1.82, 2.24) is 15.2 Å². The third kappa shape index (κ3) is 7.22. The molecule has 0 spiro atoms. The van der Waals surface area contributed by atoms with Crippen LogP contribution in [-0.4, -0.2) is 54.7 Å². The van der Waals surface area contributed by atoms with Crippen LogP contribution in [0.2, 0.25) is 0 Å². The number of ether oxygens (including phenoxy) is 1. The second kappa shape index (κ2) is 9.01. The Hall–Kier alpha value is -0.430. The largest absolute Gasteiger partial charge is 1.00 e. The van der Waals surface area contributed by atoms with Crippen molar-refractivity contribution < 1.29 is 56.9 Å². The molecule has 0 aromatic heterocycles. The van der Waals surface area contributed by atoms with Crippen LogP contribution in [-0.2, 0) is 19.8 Å². The summed E-state index contributed by atoms with van der Waals surface area (Å²) in [6, 6.07) is -1.20. The number of nitrogens with two attached hydrogens (primary N) is 1. The minimum atomic E-state index is -4.88. The molecule has 0 aliphatic carbocycles. The first-order valence-corrected chi connectivity index (χ1v) is 7.76. The van der Waals surface area contributed by atoms with E-state index in [1.165, 1.54) is 0 Å². The Kier molecular flexibility index (Phi) is 8.83. The van der Waals surface area contributed by atoms with E-state index in [-0.39, 0.29) is 42.5 Å². The molecule has 1 heterocycles. The summed E-state index contributed by atoms with van der Waals surface area (Å²) >= 11 is 0. The van der Waals surface area contributed by atoms with Gasteiger partial charge in [0, 0.05) is 6.54 Å². The van der Waals surface area contributed by atoms with Gasteiger partial charge in [0.1, 0.15) is 0 Å². The second-order valence-electron chi connectivity index (χ2n) is 4.94. The monoisotopic (exact) mass is 346 g/mol. The van der Waals surface area contributed by atoms with Gasteiger partial charge < -0.3 is 20.3 Å². The first kappa shape index (κ1) is 21.6.